The van der Waals surface area contributed by atoms with Crippen LogP contribution >= 0.6 is 28.1 Å². The molecule has 3 aromatic rings. The smallest absolute Gasteiger partial charge is 0.257 e. The standard InChI is InChI=1S/C24H24BrN3O2S/c1-24(2,3)19-12-11-17(13-20(19)25)22(30)26-23(31)28-27-21(29)14-16-9-6-8-15-7-4-5-10-18(15)16/h4-13H,14H2,1-3H3,(H,27,29)(H2,26,28,30,31). The van der Waals surface area contributed by atoms with Gasteiger partial charge >= 0.3 is 0 Å². The van der Waals surface area contributed by atoms with Crippen molar-refractivity contribution in [3.05, 3.63) is 81.8 Å². The Morgan fingerprint density at radius 2 is 1.68 bits per heavy atom. The number of hydrazine groups is 1. The Kier molecular flexibility index (Phi) is 7.08. The Labute approximate surface area is 195 Å². The summed E-state index contributed by atoms with van der Waals surface area (Å²) in [5, 5.41) is 4.70. The molecule has 0 aliphatic rings. The molecule has 7 heteroatoms. The minimum atomic E-state index is -0.359. The first kappa shape index (κ1) is 22.9. The van der Waals surface area contributed by atoms with Crippen LogP contribution in [0.3, 0.4) is 0 Å². The van der Waals surface area contributed by atoms with Gasteiger partial charge in [0.05, 0.1) is 6.42 Å². The Morgan fingerprint density at radius 3 is 2.39 bits per heavy atom. The van der Waals surface area contributed by atoms with E-state index in [-0.39, 0.29) is 28.8 Å². The molecule has 31 heavy (non-hydrogen) atoms. The van der Waals surface area contributed by atoms with Crippen LogP contribution in [0.4, 0.5) is 0 Å². The van der Waals surface area contributed by atoms with Gasteiger partial charge in [-0.15, -0.1) is 0 Å². The van der Waals surface area contributed by atoms with Crippen molar-refractivity contribution in [3.8, 4) is 0 Å². The van der Waals surface area contributed by atoms with E-state index in [9.17, 15) is 9.59 Å². The number of halogens is 1. The number of hydrogen-bond donors (Lipinski definition) is 3. The number of benzene rings is 3. The van der Waals surface area contributed by atoms with Crippen LogP contribution in [-0.4, -0.2) is 16.9 Å². The quantitative estimate of drug-likeness (QED) is 0.359. The molecule has 0 spiro atoms. The third-order valence-electron chi connectivity index (χ3n) is 4.81. The summed E-state index contributed by atoms with van der Waals surface area (Å²) < 4.78 is 0.856. The summed E-state index contributed by atoms with van der Waals surface area (Å²) in [7, 11) is 0. The lowest BCUT2D eigenvalue weighted by molar-refractivity contribution is -0.121. The molecule has 160 valence electrons. The van der Waals surface area contributed by atoms with Crippen molar-refractivity contribution in [1.82, 2.24) is 16.2 Å². The topological polar surface area (TPSA) is 70.2 Å². The largest absolute Gasteiger partial charge is 0.298 e. The van der Waals surface area contributed by atoms with Crippen LogP contribution in [0.2, 0.25) is 0 Å². The molecule has 3 N–H and O–H groups in total. The zero-order valence-electron chi connectivity index (χ0n) is 17.6. The van der Waals surface area contributed by atoms with Crippen LogP contribution in [-0.2, 0) is 16.6 Å². The molecule has 0 unspecified atom stereocenters. The second-order valence-electron chi connectivity index (χ2n) is 8.22. The predicted octanol–water partition coefficient (Wildman–Crippen LogP) is 4.78. The van der Waals surface area contributed by atoms with Crippen LogP contribution < -0.4 is 16.2 Å². The van der Waals surface area contributed by atoms with Gasteiger partial charge in [-0.1, -0.05) is 85.2 Å². The summed E-state index contributed by atoms with van der Waals surface area (Å²) in [5.41, 5.74) is 7.57. The van der Waals surface area contributed by atoms with Crippen molar-refractivity contribution >= 4 is 55.8 Å². The van der Waals surface area contributed by atoms with Gasteiger partial charge in [0.2, 0.25) is 5.91 Å². The maximum absolute atomic E-state index is 12.5. The van der Waals surface area contributed by atoms with Crippen molar-refractivity contribution in [2.45, 2.75) is 32.6 Å². The molecule has 3 rings (SSSR count). The van der Waals surface area contributed by atoms with Gasteiger partial charge in [-0.05, 0) is 51.7 Å². The van der Waals surface area contributed by atoms with Crippen LogP contribution in [0.1, 0.15) is 42.3 Å². The SMILES string of the molecule is CC(C)(C)c1ccc(C(=O)NC(=S)NNC(=O)Cc2cccc3ccccc23)cc1Br. The van der Waals surface area contributed by atoms with Crippen molar-refractivity contribution in [1.29, 1.82) is 0 Å². The lowest BCUT2D eigenvalue weighted by atomic mass is 9.86. The van der Waals surface area contributed by atoms with Gasteiger partial charge in [-0.2, -0.15) is 0 Å². The lowest BCUT2D eigenvalue weighted by Gasteiger charge is -2.21. The molecular weight excluding hydrogens is 474 g/mol. The fourth-order valence-corrected chi connectivity index (χ4v) is 4.38. The predicted molar refractivity (Wildman–Crippen MR) is 132 cm³/mol. The number of carbonyl (C=O) groups excluding carboxylic acids is 2. The highest BCUT2D eigenvalue weighted by Gasteiger charge is 2.18. The molecule has 0 fully saturated rings. The molecule has 0 bridgehead atoms. The summed E-state index contributed by atoms with van der Waals surface area (Å²) in [6.07, 6.45) is 0.187. The van der Waals surface area contributed by atoms with E-state index in [1.165, 1.54) is 0 Å². The molecule has 2 amide bonds. The highest BCUT2D eigenvalue weighted by Crippen LogP contribution is 2.30. The van der Waals surface area contributed by atoms with Gasteiger partial charge in [0.15, 0.2) is 5.11 Å². The first-order valence-electron chi connectivity index (χ1n) is 9.82. The molecule has 3 aromatic carbocycles. The van der Waals surface area contributed by atoms with Gasteiger partial charge in [-0.3, -0.25) is 25.8 Å². The van der Waals surface area contributed by atoms with Gasteiger partial charge in [-0.25, -0.2) is 0 Å². The molecule has 5 nitrogen and oxygen atoms in total. The van der Waals surface area contributed by atoms with Gasteiger partial charge in [0.25, 0.3) is 5.91 Å². The van der Waals surface area contributed by atoms with E-state index in [0.29, 0.717) is 5.56 Å². The number of hydrogen-bond acceptors (Lipinski definition) is 3. The zero-order chi connectivity index (χ0) is 22.6. The van der Waals surface area contributed by atoms with Crippen molar-refractivity contribution in [2.75, 3.05) is 0 Å². The Hall–Kier alpha value is -2.77. The number of thiocarbonyl (C=S) groups is 1. The normalized spacial score (nSPS) is 11.1. The monoisotopic (exact) mass is 497 g/mol. The third kappa shape index (κ3) is 5.89. The average Bonchev–Trinajstić information content (AvgIpc) is 2.71. The molecule has 0 aliphatic heterocycles. The van der Waals surface area contributed by atoms with Crippen molar-refractivity contribution < 1.29 is 9.59 Å². The molecule has 0 saturated heterocycles. The number of fused-ring (bicyclic) bond motifs is 1. The number of amides is 2. The van der Waals surface area contributed by atoms with Crippen LogP contribution in [0.25, 0.3) is 10.8 Å². The zero-order valence-corrected chi connectivity index (χ0v) is 20.0. The van der Waals surface area contributed by atoms with Crippen molar-refractivity contribution in [3.63, 3.8) is 0 Å². The van der Waals surface area contributed by atoms with E-state index in [2.05, 4.69) is 52.9 Å². The van der Waals surface area contributed by atoms with E-state index >= 15 is 0 Å². The molecule has 0 heterocycles. The van der Waals surface area contributed by atoms with Gasteiger partial charge in [0, 0.05) is 10.0 Å². The minimum absolute atomic E-state index is 0.0206. The third-order valence-corrected chi connectivity index (χ3v) is 5.67. The fourth-order valence-electron chi connectivity index (χ4n) is 3.26. The molecule has 0 atom stereocenters. The maximum atomic E-state index is 12.5. The fraction of sp³-hybridized carbons (Fsp3) is 0.208. The highest BCUT2D eigenvalue weighted by atomic mass is 79.9. The molecule has 0 saturated carbocycles. The van der Waals surface area contributed by atoms with Crippen LogP contribution in [0.5, 0.6) is 0 Å². The maximum Gasteiger partial charge on any atom is 0.257 e. The van der Waals surface area contributed by atoms with E-state index in [1.807, 2.05) is 48.5 Å². The van der Waals surface area contributed by atoms with E-state index < -0.39 is 0 Å². The number of rotatable bonds is 3. The summed E-state index contributed by atoms with van der Waals surface area (Å²) in [6, 6.07) is 19.2. The lowest BCUT2D eigenvalue weighted by Crippen LogP contribution is -2.48. The minimum Gasteiger partial charge on any atom is -0.298 e. The second-order valence-corrected chi connectivity index (χ2v) is 9.48. The van der Waals surface area contributed by atoms with Crippen molar-refractivity contribution in [2.24, 2.45) is 0 Å². The van der Waals surface area contributed by atoms with E-state index in [4.69, 9.17) is 12.2 Å². The van der Waals surface area contributed by atoms with Gasteiger partial charge < -0.3 is 0 Å². The molecule has 0 aliphatic carbocycles. The first-order chi connectivity index (χ1) is 14.6. The Bertz CT molecular complexity index is 1150. The van der Waals surface area contributed by atoms with E-state index in [1.54, 1.807) is 12.1 Å². The molecule has 0 radical (unpaired) electrons. The summed E-state index contributed by atoms with van der Waals surface area (Å²) >= 11 is 8.67. The second kappa shape index (κ2) is 9.58. The number of nitrogens with one attached hydrogen (secondary N) is 3. The summed E-state index contributed by atoms with van der Waals surface area (Å²) in [4.78, 5) is 24.8. The summed E-state index contributed by atoms with van der Waals surface area (Å²) in [5.74, 6) is -0.618. The van der Waals surface area contributed by atoms with Gasteiger partial charge in [0.1, 0.15) is 0 Å². The first-order valence-corrected chi connectivity index (χ1v) is 11.0. The van der Waals surface area contributed by atoms with Crippen LogP contribution in [0.15, 0.2) is 65.1 Å². The number of carbonyl (C=O) groups is 2. The molecular formula is C24H24BrN3O2S. The van der Waals surface area contributed by atoms with E-state index in [0.717, 1.165) is 26.4 Å². The summed E-state index contributed by atoms with van der Waals surface area (Å²) in [6.45, 7) is 6.31. The Balaban J connectivity index is 1.55. The average molecular weight is 498 g/mol. The molecule has 0 aromatic heterocycles. The highest BCUT2D eigenvalue weighted by molar-refractivity contribution is 9.10. The Morgan fingerprint density at radius 1 is 0.968 bits per heavy atom. The van der Waals surface area contributed by atoms with Crippen LogP contribution in [0, 0.1) is 0 Å².